The van der Waals surface area contributed by atoms with Gasteiger partial charge in [0.15, 0.2) is 0 Å². The van der Waals surface area contributed by atoms with Crippen molar-refractivity contribution in [3.8, 4) is 5.75 Å². The number of methoxy groups -OCH3 is 1. The fourth-order valence-electron chi connectivity index (χ4n) is 1.82. The number of aryl methyl sites for hydroxylation is 2. The molecule has 0 bridgehead atoms. The number of halogens is 1. The van der Waals surface area contributed by atoms with Gasteiger partial charge >= 0.3 is 0 Å². The van der Waals surface area contributed by atoms with Crippen LogP contribution in [0, 0.1) is 13.8 Å². The van der Waals surface area contributed by atoms with Gasteiger partial charge in [-0.25, -0.2) is 0 Å². The molecule has 15 heavy (non-hydrogen) atoms. The minimum absolute atomic E-state index is 0.0811. The molecular weight excluding hydrogens is 210 g/mol. The number of rotatable bonds is 3. The molecule has 84 valence electrons. The summed E-state index contributed by atoms with van der Waals surface area (Å²) >= 11 is 6.26. The molecule has 0 aromatic heterocycles. The second kappa shape index (κ2) is 4.86. The van der Waals surface area contributed by atoms with Crippen molar-refractivity contribution in [2.75, 3.05) is 7.11 Å². The highest BCUT2D eigenvalue weighted by Crippen LogP contribution is 2.33. The molecule has 2 N–H and O–H groups in total. The zero-order valence-electron chi connectivity index (χ0n) is 9.73. The summed E-state index contributed by atoms with van der Waals surface area (Å²) in [7, 11) is 1.67. The molecule has 0 radical (unpaired) electrons. The molecule has 3 heteroatoms. The van der Waals surface area contributed by atoms with Crippen LogP contribution in [0.25, 0.3) is 0 Å². The Morgan fingerprint density at radius 2 is 2.00 bits per heavy atom. The first-order valence-electron chi connectivity index (χ1n) is 5.05. The maximum atomic E-state index is 6.26. The molecule has 1 unspecified atom stereocenters. The van der Waals surface area contributed by atoms with Crippen LogP contribution in [0.4, 0.5) is 0 Å². The highest BCUT2D eigenvalue weighted by molar-refractivity contribution is 6.32. The Labute approximate surface area is 96.4 Å². The SMILES string of the molecule is COc1c(C)cc(C)c(Cl)c1CC(C)N. The molecule has 1 aromatic rings. The molecule has 0 heterocycles. The molecule has 0 spiro atoms. The Morgan fingerprint density at radius 3 is 2.47 bits per heavy atom. The molecule has 2 nitrogen and oxygen atoms in total. The predicted octanol–water partition coefficient (Wildman–Crippen LogP) is 2.86. The maximum Gasteiger partial charge on any atom is 0.126 e. The Morgan fingerprint density at radius 1 is 1.40 bits per heavy atom. The zero-order chi connectivity index (χ0) is 11.6. The van der Waals surface area contributed by atoms with Gasteiger partial charge in [0.05, 0.1) is 12.1 Å². The first kappa shape index (κ1) is 12.3. The summed E-state index contributed by atoms with van der Waals surface area (Å²) in [4.78, 5) is 0. The van der Waals surface area contributed by atoms with E-state index < -0.39 is 0 Å². The number of nitrogens with two attached hydrogens (primary N) is 1. The Bertz CT molecular complexity index is 361. The van der Waals surface area contributed by atoms with E-state index in [0.717, 1.165) is 33.9 Å². The normalized spacial score (nSPS) is 12.7. The Kier molecular flexibility index (Phi) is 4.00. The Balaban J connectivity index is 3.30. The number of benzene rings is 1. The van der Waals surface area contributed by atoms with Crippen LogP contribution in [0.1, 0.15) is 23.6 Å². The van der Waals surface area contributed by atoms with Crippen molar-refractivity contribution in [2.45, 2.75) is 33.2 Å². The van der Waals surface area contributed by atoms with Crippen LogP contribution in [0.2, 0.25) is 5.02 Å². The standard InChI is InChI=1S/C12H18ClNO/c1-7-5-8(2)12(15-4)10(11(7)13)6-9(3)14/h5,9H,6,14H2,1-4H3. The molecule has 0 saturated carbocycles. The average Bonchev–Trinajstić information content (AvgIpc) is 2.13. The summed E-state index contributed by atoms with van der Waals surface area (Å²) < 4.78 is 5.37. The van der Waals surface area contributed by atoms with Gasteiger partial charge in [0, 0.05) is 11.6 Å². The summed E-state index contributed by atoms with van der Waals surface area (Å²) in [5.74, 6) is 0.864. The minimum Gasteiger partial charge on any atom is -0.496 e. The van der Waals surface area contributed by atoms with Gasteiger partial charge in [0.25, 0.3) is 0 Å². The molecule has 0 amide bonds. The lowest BCUT2D eigenvalue weighted by molar-refractivity contribution is 0.405. The lowest BCUT2D eigenvalue weighted by atomic mass is 10.0. The quantitative estimate of drug-likeness (QED) is 0.862. The average molecular weight is 228 g/mol. The van der Waals surface area contributed by atoms with Gasteiger partial charge in [-0.05, 0) is 38.3 Å². The van der Waals surface area contributed by atoms with E-state index in [1.165, 1.54) is 0 Å². The van der Waals surface area contributed by atoms with E-state index in [0.29, 0.717) is 0 Å². The van der Waals surface area contributed by atoms with Crippen molar-refractivity contribution in [3.63, 3.8) is 0 Å². The van der Waals surface area contributed by atoms with E-state index >= 15 is 0 Å². The van der Waals surface area contributed by atoms with E-state index in [2.05, 4.69) is 0 Å². The molecule has 1 rings (SSSR count). The summed E-state index contributed by atoms with van der Waals surface area (Å²) in [5.41, 5.74) is 9.00. The van der Waals surface area contributed by atoms with Gasteiger partial charge in [-0.15, -0.1) is 0 Å². The van der Waals surface area contributed by atoms with Crippen LogP contribution in [0.15, 0.2) is 6.07 Å². The van der Waals surface area contributed by atoms with Crippen LogP contribution in [-0.4, -0.2) is 13.2 Å². The molecule has 0 aliphatic carbocycles. The van der Waals surface area contributed by atoms with Crippen LogP contribution in [0.3, 0.4) is 0 Å². The maximum absolute atomic E-state index is 6.26. The third-order valence-corrected chi connectivity index (χ3v) is 2.93. The smallest absolute Gasteiger partial charge is 0.126 e. The second-order valence-electron chi connectivity index (χ2n) is 4.02. The van der Waals surface area contributed by atoms with E-state index in [-0.39, 0.29) is 6.04 Å². The summed E-state index contributed by atoms with van der Waals surface area (Å²) in [5, 5.41) is 0.773. The fourth-order valence-corrected chi connectivity index (χ4v) is 2.04. The third kappa shape index (κ3) is 2.64. The van der Waals surface area contributed by atoms with E-state index in [4.69, 9.17) is 22.1 Å². The molecular formula is C12H18ClNO. The Hall–Kier alpha value is -0.730. The fraction of sp³-hybridized carbons (Fsp3) is 0.500. The third-order valence-electron chi connectivity index (χ3n) is 2.41. The van der Waals surface area contributed by atoms with Crippen molar-refractivity contribution in [1.82, 2.24) is 0 Å². The number of hydrogen-bond acceptors (Lipinski definition) is 2. The van der Waals surface area contributed by atoms with Gasteiger partial charge in [-0.3, -0.25) is 0 Å². The van der Waals surface area contributed by atoms with Crippen molar-refractivity contribution in [2.24, 2.45) is 5.73 Å². The lowest BCUT2D eigenvalue weighted by Gasteiger charge is -2.16. The molecule has 1 aromatic carbocycles. The summed E-state index contributed by atoms with van der Waals surface area (Å²) in [6, 6.07) is 2.11. The monoisotopic (exact) mass is 227 g/mol. The van der Waals surface area contributed by atoms with Crippen molar-refractivity contribution >= 4 is 11.6 Å². The molecule has 1 atom stereocenters. The largest absolute Gasteiger partial charge is 0.496 e. The molecule has 0 fully saturated rings. The minimum atomic E-state index is 0.0811. The first-order valence-corrected chi connectivity index (χ1v) is 5.43. The van der Waals surface area contributed by atoms with Gasteiger partial charge < -0.3 is 10.5 Å². The first-order chi connectivity index (χ1) is 6.97. The second-order valence-corrected chi connectivity index (χ2v) is 4.40. The highest BCUT2D eigenvalue weighted by Gasteiger charge is 2.14. The number of hydrogen-bond donors (Lipinski definition) is 1. The highest BCUT2D eigenvalue weighted by atomic mass is 35.5. The molecule has 0 aliphatic rings. The van der Waals surface area contributed by atoms with Crippen molar-refractivity contribution in [3.05, 3.63) is 27.8 Å². The lowest BCUT2D eigenvalue weighted by Crippen LogP contribution is -2.19. The van der Waals surface area contributed by atoms with Crippen molar-refractivity contribution < 1.29 is 4.74 Å². The van der Waals surface area contributed by atoms with Crippen molar-refractivity contribution in [1.29, 1.82) is 0 Å². The summed E-state index contributed by atoms with van der Waals surface area (Å²) in [6.45, 7) is 5.99. The predicted molar refractivity (Wildman–Crippen MR) is 64.8 cm³/mol. The van der Waals surface area contributed by atoms with Gasteiger partial charge in [-0.2, -0.15) is 0 Å². The van der Waals surface area contributed by atoms with Crippen LogP contribution in [-0.2, 0) is 6.42 Å². The van der Waals surface area contributed by atoms with Crippen LogP contribution >= 0.6 is 11.6 Å². The van der Waals surface area contributed by atoms with E-state index in [1.54, 1.807) is 7.11 Å². The van der Waals surface area contributed by atoms with Gasteiger partial charge in [0.1, 0.15) is 5.75 Å². The summed E-state index contributed by atoms with van der Waals surface area (Å²) in [6.07, 6.45) is 0.741. The molecule has 0 saturated heterocycles. The van der Waals surface area contributed by atoms with Gasteiger partial charge in [0.2, 0.25) is 0 Å². The zero-order valence-corrected chi connectivity index (χ0v) is 10.5. The molecule has 0 aliphatic heterocycles. The topological polar surface area (TPSA) is 35.2 Å². The van der Waals surface area contributed by atoms with Crippen LogP contribution in [0.5, 0.6) is 5.75 Å². The van der Waals surface area contributed by atoms with E-state index in [1.807, 2.05) is 26.8 Å². The van der Waals surface area contributed by atoms with Gasteiger partial charge in [-0.1, -0.05) is 17.7 Å². The number of ether oxygens (including phenoxy) is 1. The van der Waals surface area contributed by atoms with E-state index in [9.17, 15) is 0 Å². The van der Waals surface area contributed by atoms with Crippen LogP contribution < -0.4 is 10.5 Å².